The van der Waals surface area contributed by atoms with E-state index >= 15 is 0 Å². The van der Waals surface area contributed by atoms with Crippen molar-refractivity contribution in [3.63, 3.8) is 0 Å². The number of nitrogens with zero attached hydrogens (tertiary/aromatic N) is 2. The Morgan fingerprint density at radius 3 is 2.32 bits per heavy atom. The Hall–Kier alpha value is -1.39. The Morgan fingerprint density at radius 1 is 1.16 bits per heavy atom. The van der Waals surface area contributed by atoms with E-state index in [1.54, 1.807) is 12.1 Å². The Bertz CT molecular complexity index is 620. The maximum absolute atomic E-state index is 10.7. The van der Waals surface area contributed by atoms with Gasteiger partial charge in [0.15, 0.2) is 5.16 Å². The van der Waals surface area contributed by atoms with Crippen LogP contribution in [0.25, 0.3) is 0 Å². The summed E-state index contributed by atoms with van der Waals surface area (Å²) in [6, 6.07) is 5.19. The highest BCUT2D eigenvalue weighted by molar-refractivity contribution is 7.99. The highest BCUT2D eigenvalue weighted by Crippen LogP contribution is 2.32. The summed E-state index contributed by atoms with van der Waals surface area (Å²) in [4.78, 5) is 20.4. The van der Waals surface area contributed by atoms with Crippen LogP contribution in [-0.2, 0) is 0 Å². The number of aldehydes is 1. The smallest absolute Gasteiger partial charge is 0.192 e. The van der Waals surface area contributed by atoms with Gasteiger partial charge in [-0.2, -0.15) is 0 Å². The molecule has 3 nitrogen and oxygen atoms in total. The van der Waals surface area contributed by atoms with E-state index in [0.29, 0.717) is 15.7 Å². The monoisotopic (exact) mass is 292 g/mol. The second kappa shape index (κ2) is 5.72. The third kappa shape index (κ3) is 3.14. The van der Waals surface area contributed by atoms with E-state index in [1.165, 1.54) is 11.8 Å². The van der Waals surface area contributed by atoms with Gasteiger partial charge >= 0.3 is 0 Å². The van der Waals surface area contributed by atoms with Gasteiger partial charge in [0, 0.05) is 21.8 Å². The van der Waals surface area contributed by atoms with Gasteiger partial charge in [-0.05, 0) is 50.2 Å². The second-order valence-electron chi connectivity index (χ2n) is 4.21. The highest BCUT2D eigenvalue weighted by atomic mass is 35.5. The number of halogens is 1. The van der Waals surface area contributed by atoms with E-state index in [4.69, 9.17) is 11.6 Å². The zero-order valence-corrected chi connectivity index (χ0v) is 12.5. The molecule has 5 heteroatoms. The molecule has 1 heterocycles. The Kier molecular flexibility index (Phi) is 4.22. The third-order valence-electron chi connectivity index (χ3n) is 2.91. The van der Waals surface area contributed by atoms with Crippen molar-refractivity contribution in [3.05, 3.63) is 45.7 Å². The van der Waals surface area contributed by atoms with Crippen molar-refractivity contribution in [1.29, 1.82) is 0 Å². The first-order chi connectivity index (χ1) is 9.01. The van der Waals surface area contributed by atoms with Crippen molar-refractivity contribution in [2.24, 2.45) is 0 Å². The molecular formula is C14H13ClN2OS. The molecular weight excluding hydrogens is 280 g/mol. The predicted octanol–water partition coefficient (Wildman–Crippen LogP) is 4.02. The summed E-state index contributed by atoms with van der Waals surface area (Å²) < 4.78 is 0. The number of aryl methyl sites for hydroxylation is 2. The molecule has 1 aromatic heterocycles. The minimum atomic E-state index is 0.536. The molecule has 0 atom stereocenters. The minimum absolute atomic E-state index is 0.536. The van der Waals surface area contributed by atoms with E-state index in [2.05, 4.69) is 9.97 Å². The van der Waals surface area contributed by atoms with E-state index in [0.717, 1.165) is 28.1 Å². The molecule has 0 fully saturated rings. The predicted molar refractivity (Wildman–Crippen MR) is 77.2 cm³/mol. The Morgan fingerprint density at radius 2 is 1.79 bits per heavy atom. The summed E-state index contributed by atoms with van der Waals surface area (Å²) in [6.07, 6.45) is 0.775. The van der Waals surface area contributed by atoms with Crippen LogP contribution in [0.5, 0.6) is 0 Å². The molecule has 2 rings (SSSR count). The van der Waals surface area contributed by atoms with Gasteiger partial charge in [-0.15, -0.1) is 0 Å². The number of hydrogen-bond acceptors (Lipinski definition) is 4. The zero-order valence-electron chi connectivity index (χ0n) is 10.9. The van der Waals surface area contributed by atoms with Gasteiger partial charge in [0.05, 0.1) is 5.02 Å². The molecule has 0 amide bonds. The number of benzene rings is 1. The van der Waals surface area contributed by atoms with Gasteiger partial charge < -0.3 is 0 Å². The third-order valence-corrected chi connectivity index (χ3v) is 4.27. The van der Waals surface area contributed by atoms with Crippen molar-refractivity contribution < 1.29 is 4.79 Å². The fourth-order valence-electron chi connectivity index (χ4n) is 1.56. The number of carbonyl (C=O) groups excluding carboxylic acids is 1. The molecule has 98 valence electrons. The van der Waals surface area contributed by atoms with Crippen LogP contribution in [0, 0.1) is 20.8 Å². The van der Waals surface area contributed by atoms with Crippen LogP contribution in [0.15, 0.2) is 28.3 Å². The number of aromatic nitrogens is 2. The first kappa shape index (κ1) is 14.0. The van der Waals surface area contributed by atoms with Gasteiger partial charge in [-0.25, -0.2) is 9.97 Å². The average Bonchev–Trinajstić information content (AvgIpc) is 2.38. The lowest BCUT2D eigenvalue weighted by Gasteiger charge is -2.07. The minimum Gasteiger partial charge on any atom is -0.298 e. The SMILES string of the molecule is Cc1nc(Sc2ccc(C=O)cc2Cl)nc(C)c1C. The maximum Gasteiger partial charge on any atom is 0.192 e. The molecule has 0 radical (unpaired) electrons. The Balaban J connectivity index is 2.33. The molecule has 0 spiro atoms. The lowest BCUT2D eigenvalue weighted by Crippen LogP contribution is -1.97. The highest BCUT2D eigenvalue weighted by Gasteiger charge is 2.09. The normalized spacial score (nSPS) is 10.5. The lowest BCUT2D eigenvalue weighted by molar-refractivity contribution is 0.112. The molecule has 0 N–H and O–H groups in total. The molecule has 0 saturated carbocycles. The molecule has 0 aliphatic carbocycles. The quantitative estimate of drug-likeness (QED) is 0.633. The van der Waals surface area contributed by atoms with Crippen LogP contribution in [-0.4, -0.2) is 16.3 Å². The second-order valence-corrected chi connectivity index (χ2v) is 5.63. The first-order valence-electron chi connectivity index (χ1n) is 5.75. The molecule has 1 aromatic carbocycles. The van der Waals surface area contributed by atoms with E-state index in [1.807, 2.05) is 26.8 Å². The van der Waals surface area contributed by atoms with Gasteiger partial charge in [0.25, 0.3) is 0 Å². The topological polar surface area (TPSA) is 42.9 Å². The van der Waals surface area contributed by atoms with Gasteiger partial charge in [0.1, 0.15) is 6.29 Å². The van der Waals surface area contributed by atoms with E-state index in [9.17, 15) is 4.79 Å². The lowest BCUT2D eigenvalue weighted by atomic mass is 10.2. The molecule has 19 heavy (non-hydrogen) atoms. The summed E-state index contributed by atoms with van der Waals surface area (Å²) in [6.45, 7) is 5.93. The Labute approximate surface area is 121 Å². The van der Waals surface area contributed by atoms with Crippen LogP contribution in [0.3, 0.4) is 0 Å². The van der Waals surface area contributed by atoms with Crippen molar-refractivity contribution in [1.82, 2.24) is 9.97 Å². The van der Waals surface area contributed by atoms with Crippen LogP contribution in [0.1, 0.15) is 27.3 Å². The summed E-state index contributed by atoms with van der Waals surface area (Å²) in [7, 11) is 0. The maximum atomic E-state index is 10.7. The average molecular weight is 293 g/mol. The standard InChI is InChI=1S/C14H13ClN2OS/c1-8-9(2)16-14(17-10(8)3)19-13-5-4-11(7-18)6-12(13)15/h4-7H,1-3H3. The van der Waals surface area contributed by atoms with Crippen LogP contribution in [0.2, 0.25) is 5.02 Å². The molecule has 0 bridgehead atoms. The van der Waals surface area contributed by atoms with E-state index in [-0.39, 0.29) is 0 Å². The van der Waals surface area contributed by atoms with Crippen molar-refractivity contribution in [2.45, 2.75) is 30.8 Å². The summed E-state index contributed by atoms with van der Waals surface area (Å²) >= 11 is 7.53. The van der Waals surface area contributed by atoms with Gasteiger partial charge in [-0.1, -0.05) is 17.7 Å². The molecule has 2 aromatic rings. The van der Waals surface area contributed by atoms with Crippen LogP contribution in [0.4, 0.5) is 0 Å². The molecule has 0 unspecified atom stereocenters. The zero-order chi connectivity index (χ0) is 14.0. The van der Waals surface area contributed by atoms with Crippen molar-refractivity contribution in [2.75, 3.05) is 0 Å². The molecule has 0 aliphatic heterocycles. The van der Waals surface area contributed by atoms with Gasteiger partial charge in [0.2, 0.25) is 0 Å². The van der Waals surface area contributed by atoms with Crippen molar-refractivity contribution >= 4 is 29.6 Å². The number of carbonyl (C=O) groups is 1. The van der Waals surface area contributed by atoms with Gasteiger partial charge in [-0.3, -0.25) is 4.79 Å². The van der Waals surface area contributed by atoms with Crippen molar-refractivity contribution in [3.8, 4) is 0 Å². The number of hydrogen-bond donors (Lipinski definition) is 0. The summed E-state index contributed by atoms with van der Waals surface area (Å²) in [5, 5.41) is 1.20. The fourth-order valence-corrected chi connectivity index (χ4v) is 2.72. The molecule has 0 aliphatic rings. The fraction of sp³-hybridized carbons (Fsp3) is 0.214. The summed E-state index contributed by atoms with van der Waals surface area (Å²) in [5.74, 6) is 0. The largest absolute Gasteiger partial charge is 0.298 e. The van der Waals surface area contributed by atoms with Crippen LogP contribution >= 0.6 is 23.4 Å². The summed E-state index contributed by atoms with van der Waals surface area (Å²) in [5.41, 5.74) is 3.60. The molecule has 0 saturated heterocycles. The number of rotatable bonds is 3. The van der Waals surface area contributed by atoms with Crippen LogP contribution < -0.4 is 0 Å². The van der Waals surface area contributed by atoms with E-state index < -0.39 is 0 Å². The first-order valence-corrected chi connectivity index (χ1v) is 6.95.